The number of nitrogens with one attached hydrogen (secondary N) is 2. The van der Waals surface area contributed by atoms with E-state index < -0.39 is 29.2 Å². The minimum Gasteiger partial charge on any atom is -0.489 e. The van der Waals surface area contributed by atoms with Crippen molar-refractivity contribution in [2.75, 3.05) is 7.05 Å². The molecular formula is C29H23ClF2N2O4. The fourth-order valence-corrected chi connectivity index (χ4v) is 6.58. The van der Waals surface area contributed by atoms with Crippen LogP contribution < -0.4 is 20.1 Å². The summed E-state index contributed by atoms with van der Waals surface area (Å²) in [4.78, 5) is 25.2. The second-order valence-corrected chi connectivity index (χ2v) is 10.7. The van der Waals surface area contributed by atoms with Crippen LogP contribution in [0.15, 0.2) is 42.5 Å². The maximum absolute atomic E-state index is 16.4. The predicted octanol–water partition coefficient (Wildman–Crippen LogP) is 5.00. The first kappa shape index (κ1) is 23.5. The number of halogens is 3. The van der Waals surface area contributed by atoms with Crippen molar-refractivity contribution in [2.24, 2.45) is 0 Å². The molecule has 3 heterocycles. The highest BCUT2D eigenvalue weighted by Crippen LogP contribution is 2.58. The number of benzene rings is 3. The normalized spacial score (nSPS) is 26.1. The molecule has 38 heavy (non-hydrogen) atoms. The Balaban J connectivity index is 1.47. The lowest BCUT2D eigenvalue weighted by Crippen LogP contribution is -2.49. The number of amides is 2. The summed E-state index contributed by atoms with van der Waals surface area (Å²) in [7, 11) is 1.44. The third kappa shape index (κ3) is 3.22. The van der Waals surface area contributed by atoms with Gasteiger partial charge in [-0.1, -0.05) is 41.9 Å². The number of carbonyl (C=O) groups excluding carboxylic acids is 2. The van der Waals surface area contributed by atoms with Crippen LogP contribution in [0.4, 0.5) is 8.78 Å². The molecule has 3 aromatic carbocycles. The second kappa shape index (κ2) is 8.17. The topological polar surface area (TPSA) is 76.7 Å². The molecule has 3 aliphatic heterocycles. The average molecular weight is 537 g/mol. The van der Waals surface area contributed by atoms with Gasteiger partial charge in [0.2, 0.25) is 5.91 Å². The summed E-state index contributed by atoms with van der Waals surface area (Å²) in [6.45, 7) is 0. The standard InChI is InChI=1S/C29H23ClF2N2O4/c1-33-28(36)15-10-20-23(14-9-18(14)37-20)27(32)25(15)24-16-12-29(13-5-3-2-4-6-13,21-7-8-22(35)34-21)38-19(16)11-17(31)26(24)30/h2-6,10-11,14,18,21H,7-9,12H2,1H3,(H,33,36)(H,34,35)/t14?,18?,21-,29-/m0/s1. The molecular weight excluding hydrogens is 514 g/mol. The third-order valence-corrected chi connectivity index (χ3v) is 8.58. The highest BCUT2D eigenvalue weighted by molar-refractivity contribution is 6.34. The van der Waals surface area contributed by atoms with Gasteiger partial charge in [-0.2, -0.15) is 0 Å². The molecule has 2 fully saturated rings. The molecule has 9 heteroatoms. The van der Waals surface area contributed by atoms with Crippen molar-refractivity contribution in [3.8, 4) is 22.6 Å². The molecule has 0 aromatic heterocycles. The van der Waals surface area contributed by atoms with E-state index >= 15 is 8.78 Å². The highest BCUT2D eigenvalue weighted by atomic mass is 35.5. The van der Waals surface area contributed by atoms with Crippen molar-refractivity contribution >= 4 is 23.4 Å². The Morgan fingerprint density at radius 1 is 1.16 bits per heavy atom. The SMILES string of the molecule is CNC(=O)c1cc2c(c(F)c1-c1c(Cl)c(F)cc3c1C[C@](c1ccccc1)([C@@H]1CCC(=O)N1)O3)C1CC1O2. The van der Waals surface area contributed by atoms with Crippen LogP contribution in [0.1, 0.15) is 52.2 Å². The van der Waals surface area contributed by atoms with Crippen molar-refractivity contribution in [1.82, 2.24) is 10.6 Å². The number of ether oxygens (including phenoxy) is 2. The zero-order chi connectivity index (χ0) is 26.3. The molecule has 0 spiro atoms. The van der Waals surface area contributed by atoms with E-state index in [1.165, 1.54) is 19.2 Å². The monoisotopic (exact) mass is 536 g/mol. The molecule has 7 rings (SSSR count). The number of fused-ring (bicyclic) bond motifs is 4. The summed E-state index contributed by atoms with van der Waals surface area (Å²) in [6.07, 6.45) is 1.63. The van der Waals surface area contributed by atoms with Crippen molar-refractivity contribution in [3.63, 3.8) is 0 Å². The van der Waals surface area contributed by atoms with Crippen LogP contribution in [0.25, 0.3) is 11.1 Å². The first-order chi connectivity index (χ1) is 18.3. The van der Waals surface area contributed by atoms with Gasteiger partial charge < -0.3 is 20.1 Å². The first-order valence-corrected chi connectivity index (χ1v) is 13.0. The van der Waals surface area contributed by atoms with Crippen molar-refractivity contribution in [1.29, 1.82) is 0 Å². The molecule has 0 radical (unpaired) electrons. The Morgan fingerprint density at radius 2 is 1.95 bits per heavy atom. The Morgan fingerprint density at radius 3 is 2.66 bits per heavy atom. The van der Waals surface area contributed by atoms with Gasteiger partial charge in [0.05, 0.1) is 16.6 Å². The van der Waals surface area contributed by atoms with Gasteiger partial charge in [-0.05, 0) is 24.5 Å². The predicted molar refractivity (Wildman–Crippen MR) is 136 cm³/mol. The van der Waals surface area contributed by atoms with E-state index in [9.17, 15) is 9.59 Å². The summed E-state index contributed by atoms with van der Waals surface area (Å²) < 4.78 is 44.1. The lowest BCUT2D eigenvalue weighted by molar-refractivity contribution is -0.120. The van der Waals surface area contributed by atoms with Gasteiger partial charge in [0.1, 0.15) is 29.2 Å². The second-order valence-electron chi connectivity index (χ2n) is 10.3. The summed E-state index contributed by atoms with van der Waals surface area (Å²) in [5.74, 6) is -1.63. The van der Waals surface area contributed by atoms with Gasteiger partial charge in [-0.15, -0.1) is 0 Å². The first-order valence-electron chi connectivity index (χ1n) is 12.6. The fourth-order valence-electron chi connectivity index (χ4n) is 6.32. The summed E-state index contributed by atoms with van der Waals surface area (Å²) in [5, 5.41) is 5.27. The average Bonchev–Trinajstić information content (AvgIpc) is 3.22. The van der Waals surface area contributed by atoms with Crippen LogP contribution >= 0.6 is 11.6 Å². The molecule has 1 aliphatic carbocycles. The zero-order valence-electron chi connectivity index (χ0n) is 20.4. The summed E-state index contributed by atoms with van der Waals surface area (Å²) >= 11 is 6.59. The molecule has 194 valence electrons. The lowest BCUT2D eigenvalue weighted by Gasteiger charge is -2.35. The Bertz CT molecular complexity index is 1550. The Kier molecular flexibility index (Phi) is 5.05. The van der Waals surface area contributed by atoms with Gasteiger partial charge in [0.25, 0.3) is 5.91 Å². The molecule has 4 aliphatic rings. The third-order valence-electron chi connectivity index (χ3n) is 8.21. The van der Waals surface area contributed by atoms with E-state index in [1.54, 1.807) is 0 Å². The van der Waals surface area contributed by atoms with E-state index in [4.69, 9.17) is 21.1 Å². The summed E-state index contributed by atoms with van der Waals surface area (Å²) in [6, 6.07) is 11.7. The molecule has 0 bridgehead atoms. The largest absolute Gasteiger partial charge is 0.489 e. The molecule has 2 amide bonds. The molecule has 1 saturated carbocycles. The maximum Gasteiger partial charge on any atom is 0.251 e. The molecule has 2 unspecified atom stereocenters. The van der Waals surface area contributed by atoms with Gasteiger partial charge in [-0.25, -0.2) is 8.78 Å². The minimum atomic E-state index is -1.06. The van der Waals surface area contributed by atoms with E-state index in [1.807, 2.05) is 30.3 Å². The van der Waals surface area contributed by atoms with E-state index in [0.717, 1.165) is 5.56 Å². The number of rotatable bonds is 4. The van der Waals surface area contributed by atoms with Crippen LogP contribution in [-0.2, 0) is 16.8 Å². The smallest absolute Gasteiger partial charge is 0.251 e. The van der Waals surface area contributed by atoms with Gasteiger partial charge >= 0.3 is 0 Å². The zero-order valence-corrected chi connectivity index (χ0v) is 21.1. The van der Waals surface area contributed by atoms with E-state index in [2.05, 4.69) is 10.6 Å². The quantitative estimate of drug-likeness (QED) is 0.492. The molecule has 3 aromatic rings. The molecule has 6 nitrogen and oxygen atoms in total. The van der Waals surface area contributed by atoms with Crippen LogP contribution in [0.5, 0.6) is 11.5 Å². The summed E-state index contributed by atoms with van der Waals surface area (Å²) in [5.41, 5.74) is 0.633. The number of hydrogen-bond acceptors (Lipinski definition) is 4. The molecule has 4 atom stereocenters. The van der Waals surface area contributed by atoms with Gasteiger partial charge in [-0.3, -0.25) is 9.59 Å². The van der Waals surface area contributed by atoms with Crippen molar-refractivity contribution < 1.29 is 27.8 Å². The fraction of sp³-hybridized carbons (Fsp3) is 0.310. The van der Waals surface area contributed by atoms with Gasteiger partial charge in [0, 0.05) is 54.1 Å². The van der Waals surface area contributed by atoms with Crippen molar-refractivity contribution in [2.45, 2.75) is 49.3 Å². The van der Waals surface area contributed by atoms with E-state index in [0.29, 0.717) is 36.1 Å². The number of hydrogen-bond donors (Lipinski definition) is 2. The molecule has 2 N–H and O–H groups in total. The number of carbonyl (C=O) groups is 2. The van der Waals surface area contributed by atoms with Crippen LogP contribution in [-0.4, -0.2) is 31.0 Å². The molecule has 1 saturated heterocycles. The van der Waals surface area contributed by atoms with Crippen LogP contribution in [0, 0.1) is 11.6 Å². The Labute approximate surface area is 222 Å². The minimum absolute atomic E-state index is 0.00568. The van der Waals surface area contributed by atoms with Crippen LogP contribution in [0.3, 0.4) is 0 Å². The Hall–Kier alpha value is -3.65. The maximum atomic E-state index is 16.4. The van der Waals surface area contributed by atoms with Crippen molar-refractivity contribution in [3.05, 3.63) is 81.4 Å². The lowest BCUT2D eigenvalue weighted by atomic mass is 9.80. The van der Waals surface area contributed by atoms with Gasteiger partial charge in [0.15, 0.2) is 5.60 Å². The van der Waals surface area contributed by atoms with E-state index in [-0.39, 0.29) is 51.8 Å². The van der Waals surface area contributed by atoms with Crippen LogP contribution in [0.2, 0.25) is 5.02 Å². The highest BCUT2D eigenvalue weighted by Gasteiger charge is 2.53.